The fourth-order valence-electron chi connectivity index (χ4n) is 4.67. The van der Waals surface area contributed by atoms with Gasteiger partial charge in [-0.05, 0) is 38.8 Å². The summed E-state index contributed by atoms with van der Waals surface area (Å²) in [5, 5.41) is 4.61. The molecule has 0 radical (unpaired) electrons. The molecule has 0 amide bonds. The molecule has 2 aromatic rings. The summed E-state index contributed by atoms with van der Waals surface area (Å²) in [5.74, 6) is 2.60. The monoisotopic (exact) mass is 520 g/mol. The standard InChI is InChI=1S/C26H38Cl2N6O/c1-4-8-34(9-5-2)24-18-20(35-15-14-33-12-10-32(3)11-13-33)17-23(31-24)29-19-6-7-22-21(16-19)25(27)26(28)30-22/h16-18,30H,4-15H2,1-3H3,(H,29,31). The molecule has 1 saturated heterocycles. The Hall–Kier alpha value is -1.93. The van der Waals surface area contributed by atoms with Crippen LogP contribution in [0.1, 0.15) is 44.4 Å². The molecular formula is C26H38Cl2N6O. The first-order valence-electron chi connectivity index (χ1n) is 12.8. The quantitative estimate of drug-likeness (QED) is 0.415. The van der Waals surface area contributed by atoms with Gasteiger partial charge in [-0.15, -0.1) is 0 Å². The summed E-state index contributed by atoms with van der Waals surface area (Å²) in [6, 6.07) is 4.09. The van der Waals surface area contributed by atoms with E-state index in [2.05, 4.69) is 58.0 Å². The van der Waals surface area contributed by atoms with Crippen LogP contribution >= 0.6 is 23.2 Å². The molecule has 35 heavy (non-hydrogen) atoms. The van der Waals surface area contributed by atoms with Crippen LogP contribution in [0.25, 0.3) is 6.08 Å². The van der Waals surface area contributed by atoms with Gasteiger partial charge in [0.05, 0.1) is 5.02 Å². The van der Waals surface area contributed by atoms with Gasteiger partial charge in [0.2, 0.25) is 0 Å². The molecule has 0 bridgehead atoms. The lowest BCUT2D eigenvalue weighted by atomic mass is 10.0. The average Bonchev–Trinajstić information content (AvgIpc) is 3.13. The zero-order valence-corrected chi connectivity index (χ0v) is 22.7. The number of aromatic amines is 1. The number of rotatable bonds is 11. The smallest absolute Gasteiger partial charge is 0.136 e. The number of nitrogens with zero attached hydrogens (tertiary/aromatic N) is 4. The van der Waals surface area contributed by atoms with Crippen molar-refractivity contribution in [2.45, 2.75) is 39.5 Å². The molecule has 2 aromatic heterocycles. The Bertz CT molecular complexity index is 1010. The van der Waals surface area contributed by atoms with Gasteiger partial charge >= 0.3 is 0 Å². The summed E-state index contributed by atoms with van der Waals surface area (Å²) in [6.07, 6.45) is 5.92. The van der Waals surface area contributed by atoms with E-state index < -0.39 is 0 Å². The lowest BCUT2D eigenvalue weighted by molar-refractivity contribution is 0.134. The molecule has 9 heteroatoms. The van der Waals surface area contributed by atoms with Gasteiger partial charge in [-0.3, -0.25) is 4.90 Å². The number of aryl methyl sites for hydroxylation is 1. The largest absolute Gasteiger partial charge is 0.492 e. The van der Waals surface area contributed by atoms with Gasteiger partial charge in [0.1, 0.15) is 29.1 Å². The minimum absolute atomic E-state index is 0.500. The second-order valence-corrected chi connectivity index (χ2v) is 10.2. The third kappa shape index (κ3) is 6.85. The molecule has 1 aliphatic heterocycles. The van der Waals surface area contributed by atoms with Crippen molar-refractivity contribution in [2.75, 3.05) is 69.7 Å². The highest BCUT2D eigenvalue weighted by atomic mass is 35.5. The first kappa shape index (κ1) is 26.1. The van der Waals surface area contributed by atoms with Gasteiger partial charge in [0.15, 0.2) is 0 Å². The molecule has 1 aliphatic carbocycles. The number of likely N-dealkylation sites (N-methyl/N-ethyl adjacent to an activating group) is 1. The summed E-state index contributed by atoms with van der Waals surface area (Å²) in [6.45, 7) is 12.4. The Morgan fingerprint density at radius 1 is 1.09 bits per heavy atom. The lowest BCUT2D eigenvalue weighted by Crippen LogP contribution is -2.45. The normalized spacial score (nSPS) is 16.7. The predicted molar refractivity (Wildman–Crippen MR) is 147 cm³/mol. The highest BCUT2D eigenvalue weighted by molar-refractivity contribution is 6.42. The number of hydrogen-bond acceptors (Lipinski definition) is 6. The predicted octanol–water partition coefficient (Wildman–Crippen LogP) is 5.37. The zero-order chi connectivity index (χ0) is 24.8. The Labute approximate surface area is 219 Å². The van der Waals surface area contributed by atoms with Gasteiger partial charge in [0.25, 0.3) is 0 Å². The average molecular weight is 522 g/mol. The minimum Gasteiger partial charge on any atom is -0.492 e. The molecule has 0 aromatic carbocycles. The third-order valence-corrected chi connectivity index (χ3v) is 7.41. The van der Waals surface area contributed by atoms with Crippen molar-refractivity contribution in [3.05, 3.63) is 39.3 Å². The SMILES string of the molecule is CCCN(CCC)c1cc(OCCN2CCN(C)CC2)cc(NC2=Cc3c([nH]c(Cl)c3Cl)CC2)n1. The molecule has 2 N–H and O–H groups in total. The fourth-order valence-corrected chi connectivity index (χ4v) is 5.10. The van der Waals surface area contributed by atoms with Crippen LogP contribution in [0.3, 0.4) is 0 Å². The van der Waals surface area contributed by atoms with E-state index in [1.54, 1.807) is 0 Å². The molecule has 2 aliphatic rings. The van der Waals surface area contributed by atoms with Crippen molar-refractivity contribution < 1.29 is 4.74 Å². The Morgan fingerprint density at radius 2 is 1.83 bits per heavy atom. The third-order valence-electron chi connectivity index (χ3n) is 6.63. The van der Waals surface area contributed by atoms with Crippen LogP contribution in [0.2, 0.25) is 10.2 Å². The number of H-pyrrole nitrogens is 1. The number of allylic oxidation sites excluding steroid dienone is 1. The number of halogens is 2. The van der Waals surface area contributed by atoms with Crippen molar-refractivity contribution in [1.29, 1.82) is 0 Å². The summed E-state index contributed by atoms with van der Waals surface area (Å²) in [4.78, 5) is 15.3. The molecule has 4 rings (SSSR count). The van der Waals surface area contributed by atoms with E-state index in [0.29, 0.717) is 16.8 Å². The summed E-state index contributed by atoms with van der Waals surface area (Å²) >= 11 is 12.6. The molecule has 0 unspecified atom stereocenters. The Morgan fingerprint density at radius 3 is 2.54 bits per heavy atom. The van der Waals surface area contributed by atoms with E-state index in [-0.39, 0.29) is 0 Å². The highest BCUT2D eigenvalue weighted by Crippen LogP contribution is 2.35. The van der Waals surface area contributed by atoms with E-state index in [4.69, 9.17) is 32.9 Å². The number of fused-ring (bicyclic) bond motifs is 1. The molecule has 7 nitrogen and oxygen atoms in total. The van der Waals surface area contributed by atoms with Crippen molar-refractivity contribution >= 4 is 40.9 Å². The number of pyridine rings is 1. The van der Waals surface area contributed by atoms with Gasteiger partial charge in [-0.1, -0.05) is 37.0 Å². The molecule has 3 heterocycles. The van der Waals surface area contributed by atoms with Crippen molar-refractivity contribution in [2.24, 2.45) is 0 Å². The van der Waals surface area contributed by atoms with Gasteiger partial charge in [0, 0.05) is 74.9 Å². The molecule has 0 saturated carbocycles. The van der Waals surface area contributed by atoms with Gasteiger partial charge in [-0.25, -0.2) is 4.98 Å². The lowest BCUT2D eigenvalue weighted by Gasteiger charge is -2.32. The summed E-state index contributed by atoms with van der Waals surface area (Å²) in [5.41, 5.74) is 3.11. The molecule has 0 spiro atoms. The number of anilines is 2. The fraction of sp³-hybridized carbons (Fsp3) is 0.577. The first-order chi connectivity index (χ1) is 17.0. The number of ether oxygens (including phenoxy) is 1. The van der Waals surface area contributed by atoms with Crippen LogP contribution in [0, 0.1) is 0 Å². The second-order valence-electron chi connectivity index (χ2n) is 9.47. The summed E-state index contributed by atoms with van der Waals surface area (Å²) < 4.78 is 6.27. The maximum atomic E-state index is 6.40. The molecular weight excluding hydrogens is 483 g/mol. The topological polar surface area (TPSA) is 59.7 Å². The van der Waals surface area contributed by atoms with E-state index in [1.165, 1.54) is 0 Å². The van der Waals surface area contributed by atoms with Crippen LogP contribution in [-0.4, -0.2) is 79.2 Å². The van der Waals surface area contributed by atoms with Crippen LogP contribution < -0.4 is 15.0 Å². The van der Waals surface area contributed by atoms with Gasteiger partial charge in [-0.2, -0.15) is 0 Å². The van der Waals surface area contributed by atoms with Crippen LogP contribution in [0.4, 0.5) is 11.6 Å². The Balaban J connectivity index is 1.51. The molecule has 0 atom stereocenters. The van der Waals surface area contributed by atoms with Crippen molar-refractivity contribution in [3.63, 3.8) is 0 Å². The van der Waals surface area contributed by atoms with E-state index in [9.17, 15) is 0 Å². The number of hydrogen-bond donors (Lipinski definition) is 2. The molecule has 1 fully saturated rings. The second kappa shape index (κ2) is 12.3. The van der Waals surface area contributed by atoms with E-state index in [1.807, 2.05) is 6.07 Å². The van der Waals surface area contributed by atoms with E-state index >= 15 is 0 Å². The van der Waals surface area contributed by atoms with E-state index in [0.717, 1.165) is 106 Å². The number of aromatic nitrogens is 2. The minimum atomic E-state index is 0.500. The Kier molecular flexibility index (Phi) is 9.22. The molecule has 192 valence electrons. The van der Waals surface area contributed by atoms with Crippen LogP contribution in [0.5, 0.6) is 5.75 Å². The highest BCUT2D eigenvalue weighted by Gasteiger charge is 2.19. The maximum absolute atomic E-state index is 6.40. The van der Waals surface area contributed by atoms with Crippen molar-refractivity contribution in [3.8, 4) is 5.75 Å². The van der Waals surface area contributed by atoms with Crippen molar-refractivity contribution in [1.82, 2.24) is 19.8 Å². The summed E-state index contributed by atoms with van der Waals surface area (Å²) in [7, 11) is 2.18. The number of nitrogens with one attached hydrogen (secondary N) is 2. The zero-order valence-electron chi connectivity index (χ0n) is 21.2. The van der Waals surface area contributed by atoms with Gasteiger partial charge < -0.3 is 24.8 Å². The van der Waals surface area contributed by atoms with Crippen LogP contribution in [0.15, 0.2) is 17.8 Å². The maximum Gasteiger partial charge on any atom is 0.136 e. The first-order valence-corrected chi connectivity index (χ1v) is 13.6. The van der Waals surface area contributed by atoms with Crippen LogP contribution in [-0.2, 0) is 6.42 Å². The number of piperazine rings is 1.